The number of carbonyl (C=O) groups is 1. The van der Waals surface area contributed by atoms with Crippen LogP contribution in [-0.2, 0) is 11.8 Å². The van der Waals surface area contributed by atoms with E-state index in [-0.39, 0.29) is 11.3 Å². The van der Waals surface area contributed by atoms with Gasteiger partial charge in [0.15, 0.2) is 0 Å². The van der Waals surface area contributed by atoms with E-state index in [1.807, 2.05) is 20.0 Å². The van der Waals surface area contributed by atoms with Crippen LogP contribution >= 0.6 is 0 Å². The molecule has 0 spiro atoms. The van der Waals surface area contributed by atoms with Crippen LogP contribution in [0.1, 0.15) is 18.5 Å². The van der Waals surface area contributed by atoms with Gasteiger partial charge in [-0.3, -0.25) is 9.48 Å². The van der Waals surface area contributed by atoms with E-state index < -0.39 is 0 Å². The van der Waals surface area contributed by atoms with Crippen molar-refractivity contribution in [2.75, 3.05) is 11.9 Å². The minimum Gasteiger partial charge on any atom is -0.329 e. The lowest BCUT2D eigenvalue weighted by molar-refractivity contribution is -0.120. The van der Waals surface area contributed by atoms with Gasteiger partial charge in [-0.25, -0.2) is 0 Å². The summed E-state index contributed by atoms with van der Waals surface area (Å²) in [5.41, 5.74) is 6.17. The zero-order valence-corrected chi connectivity index (χ0v) is 9.08. The van der Waals surface area contributed by atoms with Crippen molar-refractivity contribution < 1.29 is 4.79 Å². The van der Waals surface area contributed by atoms with Gasteiger partial charge in [0, 0.05) is 19.7 Å². The van der Waals surface area contributed by atoms with Crippen LogP contribution in [0, 0.1) is 12.3 Å². The molecular weight excluding hydrogens is 192 g/mol. The molecule has 1 heterocycles. The maximum absolute atomic E-state index is 11.9. The Morgan fingerprint density at radius 2 is 2.40 bits per heavy atom. The summed E-state index contributed by atoms with van der Waals surface area (Å²) in [5, 5.41) is 7.03. The number of nitrogens with zero attached hydrogens (tertiary/aromatic N) is 2. The molecule has 1 aliphatic carbocycles. The maximum Gasteiger partial charge on any atom is 0.233 e. The van der Waals surface area contributed by atoms with Crippen LogP contribution in [0.4, 0.5) is 5.82 Å². The fourth-order valence-electron chi connectivity index (χ4n) is 1.65. The fraction of sp³-hybridized carbons (Fsp3) is 0.600. The van der Waals surface area contributed by atoms with Crippen molar-refractivity contribution in [3.05, 3.63) is 11.8 Å². The molecule has 15 heavy (non-hydrogen) atoms. The molecular formula is C10H16N4O. The van der Waals surface area contributed by atoms with E-state index in [9.17, 15) is 4.79 Å². The SMILES string of the molecule is Cc1cc(NC(=O)C2(CN)CC2)n(C)n1. The number of hydrogen-bond donors (Lipinski definition) is 2. The van der Waals surface area contributed by atoms with Crippen molar-refractivity contribution in [1.82, 2.24) is 9.78 Å². The molecule has 3 N–H and O–H groups in total. The number of aromatic nitrogens is 2. The third-order valence-corrected chi connectivity index (χ3v) is 2.97. The predicted molar refractivity (Wildman–Crippen MR) is 57.3 cm³/mol. The van der Waals surface area contributed by atoms with Crippen LogP contribution in [0.25, 0.3) is 0 Å². The Morgan fingerprint density at radius 1 is 1.73 bits per heavy atom. The minimum absolute atomic E-state index is 0.0213. The van der Waals surface area contributed by atoms with Crippen LogP contribution in [0.15, 0.2) is 6.07 Å². The number of nitrogens with one attached hydrogen (secondary N) is 1. The number of rotatable bonds is 3. The summed E-state index contributed by atoms with van der Waals surface area (Å²) >= 11 is 0. The average molecular weight is 208 g/mol. The molecule has 1 saturated carbocycles. The molecule has 1 aromatic rings. The molecule has 1 aliphatic rings. The summed E-state index contributed by atoms with van der Waals surface area (Å²) in [6, 6.07) is 1.85. The third kappa shape index (κ3) is 1.74. The third-order valence-electron chi connectivity index (χ3n) is 2.97. The molecule has 0 atom stereocenters. The Kier molecular flexibility index (Phi) is 2.26. The first-order valence-electron chi connectivity index (χ1n) is 5.09. The van der Waals surface area contributed by atoms with Gasteiger partial charge >= 0.3 is 0 Å². The van der Waals surface area contributed by atoms with E-state index in [0.29, 0.717) is 6.54 Å². The quantitative estimate of drug-likeness (QED) is 0.755. The lowest BCUT2D eigenvalue weighted by atomic mass is 10.1. The zero-order chi connectivity index (χ0) is 11.1. The number of nitrogens with two attached hydrogens (primary N) is 1. The van der Waals surface area contributed by atoms with Gasteiger partial charge < -0.3 is 11.1 Å². The first kappa shape index (κ1) is 10.2. The second-order valence-electron chi connectivity index (χ2n) is 4.23. The summed E-state index contributed by atoms with van der Waals surface area (Å²) < 4.78 is 1.67. The van der Waals surface area contributed by atoms with Gasteiger partial charge in [-0.05, 0) is 19.8 Å². The van der Waals surface area contributed by atoms with Gasteiger partial charge in [0.2, 0.25) is 5.91 Å². The topological polar surface area (TPSA) is 72.9 Å². The second-order valence-corrected chi connectivity index (χ2v) is 4.23. The Hall–Kier alpha value is -1.36. The monoisotopic (exact) mass is 208 g/mol. The summed E-state index contributed by atoms with van der Waals surface area (Å²) in [6.07, 6.45) is 1.79. The number of anilines is 1. The van der Waals surface area contributed by atoms with E-state index in [1.54, 1.807) is 4.68 Å². The first-order valence-corrected chi connectivity index (χ1v) is 5.09. The molecule has 2 rings (SSSR count). The maximum atomic E-state index is 11.9. The number of aryl methyl sites for hydroxylation is 2. The van der Waals surface area contributed by atoms with Gasteiger partial charge in [-0.1, -0.05) is 0 Å². The van der Waals surface area contributed by atoms with Gasteiger partial charge in [0.05, 0.1) is 11.1 Å². The molecule has 0 saturated heterocycles. The summed E-state index contributed by atoms with van der Waals surface area (Å²) in [4.78, 5) is 11.9. The molecule has 5 nitrogen and oxygen atoms in total. The number of carbonyl (C=O) groups excluding carboxylic acids is 1. The van der Waals surface area contributed by atoms with Crippen LogP contribution < -0.4 is 11.1 Å². The lowest BCUT2D eigenvalue weighted by Crippen LogP contribution is -2.31. The number of amides is 1. The Bertz CT molecular complexity index is 392. The molecule has 5 heteroatoms. The van der Waals surface area contributed by atoms with Crippen molar-refractivity contribution in [3.63, 3.8) is 0 Å². The van der Waals surface area contributed by atoms with E-state index in [2.05, 4.69) is 10.4 Å². The van der Waals surface area contributed by atoms with Crippen LogP contribution in [-0.4, -0.2) is 22.2 Å². The Labute approximate surface area is 88.6 Å². The van der Waals surface area contributed by atoms with E-state index in [1.165, 1.54) is 0 Å². The molecule has 82 valence electrons. The normalized spacial score (nSPS) is 17.5. The highest BCUT2D eigenvalue weighted by atomic mass is 16.2. The Balaban J connectivity index is 2.09. The van der Waals surface area contributed by atoms with Crippen molar-refractivity contribution in [2.24, 2.45) is 18.2 Å². The van der Waals surface area contributed by atoms with Crippen molar-refractivity contribution in [3.8, 4) is 0 Å². The average Bonchev–Trinajstić information content (AvgIpc) is 2.91. The van der Waals surface area contributed by atoms with E-state index >= 15 is 0 Å². The highest BCUT2D eigenvalue weighted by molar-refractivity contribution is 5.96. The molecule has 0 unspecified atom stereocenters. The first-order chi connectivity index (χ1) is 7.07. The molecule has 0 aliphatic heterocycles. The highest BCUT2D eigenvalue weighted by Gasteiger charge is 2.48. The zero-order valence-electron chi connectivity index (χ0n) is 9.08. The molecule has 1 amide bonds. The summed E-state index contributed by atoms with van der Waals surface area (Å²) in [7, 11) is 1.81. The summed E-state index contributed by atoms with van der Waals surface area (Å²) in [5.74, 6) is 0.755. The van der Waals surface area contributed by atoms with Crippen LogP contribution in [0.3, 0.4) is 0 Å². The van der Waals surface area contributed by atoms with Crippen LogP contribution in [0.5, 0.6) is 0 Å². The molecule has 0 bridgehead atoms. The van der Waals surface area contributed by atoms with Crippen molar-refractivity contribution >= 4 is 11.7 Å². The van der Waals surface area contributed by atoms with Crippen LogP contribution in [0.2, 0.25) is 0 Å². The van der Waals surface area contributed by atoms with E-state index in [4.69, 9.17) is 5.73 Å². The lowest BCUT2D eigenvalue weighted by Gasteiger charge is -2.12. The standard InChI is InChI=1S/C10H16N4O/c1-7-5-8(14(2)13-7)12-9(15)10(6-11)3-4-10/h5H,3-4,6,11H2,1-2H3,(H,12,15). The number of hydrogen-bond acceptors (Lipinski definition) is 3. The van der Waals surface area contributed by atoms with Gasteiger partial charge in [-0.15, -0.1) is 0 Å². The molecule has 0 aromatic carbocycles. The van der Waals surface area contributed by atoms with Crippen molar-refractivity contribution in [1.29, 1.82) is 0 Å². The molecule has 1 fully saturated rings. The summed E-state index contributed by atoms with van der Waals surface area (Å²) in [6.45, 7) is 2.32. The van der Waals surface area contributed by atoms with Gasteiger partial charge in [0.25, 0.3) is 0 Å². The molecule has 0 radical (unpaired) electrons. The second kappa shape index (κ2) is 3.34. The molecule has 1 aromatic heterocycles. The van der Waals surface area contributed by atoms with Crippen molar-refractivity contribution in [2.45, 2.75) is 19.8 Å². The minimum atomic E-state index is -0.307. The largest absolute Gasteiger partial charge is 0.329 e. The van der Waals surface area contributed by atoms with Gasteiger partial charge in [-0.2, -0.15) is 5.10 Å². The highest BCUT2D eigenvalue weighted by Crippen LogP contribution is 2.45. The van der Waals surface area contributed by atoms with Gasteiger partial charge in [0.1, 0.15) is 5.82 Å². The Morgan fingerprint density at radius 3 is 2.80 bits per heavy atom. The predicted octanol–water partition coefficient (Wildman–Crippen LogP) is 0.406. The fourth-order valence-corrected chi connectivity index (χ4v) is 1.65. The van der Waals surface area contributed by atoms with E-state index in [0.717, 1.165) is 24.4 Å². The smallest absolute Gasteiger partial charge is 0.233 e.